The molecule has 0 radical (unpaired) electrons. The largest absolute Gasteiger partial charge is 0.372 e. The van der Waals surface area contributed by atoms with Crippen molar-refractivity contribution in [2.24, 2.45) is 0 Å². The molecule has 3 rings (SSSR count). The first-order chi connectivity index (χ1) is 10.2. The minimum atomic E-state index is 0.545. The fourth-order valence-electron chi connectivity index (χ4n) is 2.83. The van der Waals surface area contributed by atoms with Gasteiger partial charge in [0.25, 0.3) is 0 Å². The molecular weight excluding hydrogens is 394 g/mol. The number of nitrogens with zero attached hydrogens (tertiary/aromatic N) is 2. The van der Waals surface area contributed by atoms with Crippen LogP contribution in [0.15, 0.2) is 33.2 Å². The van der Waals surface area contributed by atoms with Gasteiger partial charge >= 0.3 is 0 Å². The summed E-state index contributed by atoms with van der Waals surface area (Å²) in [5.74, 6) is 2.20. The average molecular weight is 411 g/mol. The smallest absolute Gasteiger partial charge is 0.161 e. The van der Waals surface area contributed by atoms with Crippen LogP contribution >= 0.6 is 31.9 Å². The number of anilines is 1. The van der Waals surface area contributed by atoms with Crippen molar-refractivity contribution in [3.63, 3.8) is 0 Å². The van der Waals surface area contributed by atoms with E-state index in [0.29, 0.717) is 5.92 Å². The van der Waals surface area contributed by atoms with Crippen LogP contribution < -0.4 is 5.32 Å². The van der Waals surface area contributed by atoms with Crippen LogP contribution in [0.25, 0.3) is 11.4 Å². The minimum Gasteiger partial charge on any atom is -0.372 e. The molecule has 1 saturated carbocycles. The topological polar surface area (TPSA) is 37.8 Å². The van der Waals surface area contributed by atoms with Crippen LogP contribution in [-0.2, 0) is 0 Å². The second-order valence-corrected chi connectivity index (χ2v) is 7.04. The van der Waals surface area contributed by atoms with Crippen molar-refractivity contribution in [2.75, 3.05) is 12.4 Å². The number of hydrogen-bond donors (Lipinski definition) is 1. The first-order valence-corrected chi connectivity index (χ1v) is 8.78. The Bertz CT molecular complexity index is 635. The molecule has 1 aromatic heterocycles. The van der Waals surface area contributed by atoms with E-state index in [0.717, 1.165) is 31.8 Å². The second-order valence-electron chi connectivity index (χ2n) is 5.33. The van der Waals surface area contributed by atoms with E-state index in [1.807, 2.05) is 31.3 Å². The fraction of sp³-hybridized carbons (Fsp3) is 0.375. The van der Waals surface area contributed by atoms with Crippen LogP contribution in [0.4, 0.5) is 5.82 Å². The van der Waals surface area contributed by atoms with Gasteiger partial charge in [-0.05, 0) is 40.9 Å². The zero-order valence-electron chi connectivity index (χ0n) is 11.9. The highest BCUT2D eigenvalue weighted by Gasteiger charge is 2.24. The second kappa shape index (κ2) is 6.44. The minimum absolute atomic E-state index is 0.545. The molecule has 1 aliphatic rings. The quantitative estimate of drug-likeness (QED) is 0.739. The van der Waals surface area contributed by atoms with Gasteiger partial charge in [0.1, 0.15) is 5.82 Å². The molecule has 1 fully saturated rings. The summed E-state index contributed by atoms with van der Waals surface area (Å²) in [5.41, 5.74) is 2.19. The van der Waals surface area contributed by atoms with Gasteiger partial charge in [-0.3, -0.25) is 0 Å². The van der Waals surface area contributed by atoms with Crippen LogP contribution in [0.1, 0.15) is 37.3 Å². The van der Waals surface area contributed by atoms with E-state index in [4.69, 9.17) is 4.98 Å². The van der Waals surface area contributed by atoms with Gasteiger partial charge < -0.3 is 5.32 Å². The lowest BCUT2D eigenvalue weighted by molar-refractivity contribution is 0.691. The van der Waals surface area contributed by atoms with Crippen LogP contribution in [0.2, 0.25) is 0 Å². The number of halogens is 2. The standard InChI is InChI=1S/C16H17Br2N3/c1-19-16-13(18)14(10-4-2-3-5-10)20-15(21-16)11-6-8-12(17)9-7-11/h6-10H,2-5H2,1H3,(H,19,20,21). The maximum Gasteiger partial charge on any atom is 0.161 e. The van der Waals surface area contributed by atoms with Crippen LogP contribution in [-0.4, -0.2) is 17.0 Å². The predicted octanol–water partition coefficient (Wildman–Crippen LogP) is 5.37. The first kappa shape index (κ1) is 15.0. The number of aromatic nitrogens is 2. The highest BCUT2D eigenvalue weighted by molar-refractivity contribution is 9.11. The van der Waals surface area contributed by atoms with Crippen molar-refractivity contribution in [2.45, 2.75) is 31.6 Å². The monoisotopic (exact) mass is 409 g/mol. The Balaban J connectivity index is 2.08. The third kappa shape index (κ3) is 3.14. The SMILES string of the molecule is CNc1nc(-c2ccc(Br)cc2)nc(C2CCCC2)c1Br. The van der Waals surface area contributed by atoms with Crippen molar-refractivity contribution in [1.82, 2.24) is 9.97 Å². The van der Waals surface area contributed by atoms with Gasteiger partial charge in [0, 0.05) is 23.0 Å². The number of rotatable bonds is 3. The molecule has 0 bridgehead atoms. The molecule has 0 aliphatic heterocycles. The van der Waals surface area contributed by atoms with E-state index < -0.39 is 0 Å². The Morgan fingerprint density at radius 1 is 1.05 bits per heavy atom. The van der Waals surface area contributed by atoms with Gasteiger partial charge in [-0.2, -0.15) is 0 Å². The first-order valence-electron chi connectivity index (χ1n) is 7.20. The molecule has 21 heavy (non-hydrogen) atoms. The summed E-state index contributed by atoms with van der Waals surface area (Å²) in [7, 11) is 1.90. The lowest BCUT2D eigenvalue weighted by Crippen LogP contribution is -2.06. The maximum atomic E-state index is 4.85. The zero-order valence-corrected chi connectivity index (χ0v) is 15.0. The van der Waals surface area contributed by atoms with Crippen LogP contribution in [0.3, 0.4) is 0 Å². The van der Waals surface area contributed by atoms with Gasteiger partial charge in [0.15, 0.2) is 5.82 Å². The van der Waals surface area contributed by atoms with E-state index in [-0.39, 0.29) is 0 Å². The van der Waals surface area contributed by atoms with E-state index in [9.17, 15) is 0 Å². The van der Waals surface area contributed by atoms with Gasteiger partial charge in [-0.25, -0.2) is 9.97 Å². The molecule has 1 aliphatic carbocycles. The van der Waals surface area contributed by atoms with Gasteiger partial charge in [-0.1, -0.05) is 40.9 Å². The summed E-state index contributed by atoms with van der Waals surface area (Å²) in [5, 5.41) is 3.17. The molecule has 1 N–H and O–H groups in total. The van der Waals surface area contributed by atoms with Crippen molar-refractivity contribution < 1.29 is 0 Å². The summed E-state index contributed by atoms with van der Waals surface area (Å²) in [6.45, 7) is 0. The summed E-state index contributed by atoms with van der Waals surface area (Å²) in [4.78, 5) is 9.49. The summed E-state index contributed by atoms with van der Waals surface area (Å²) < 4.78 is 2.07. The normalized spacial score (nSPS) is 15.4. The Hall–Kier alpha value is -0.940. The third-order valence-corrected chi connectivity index (χ3v) is 5.27. The highest BCUT2D eigenvalue weighted by Crippen LogP contribution is 2.39. The van der Waals surface area contributed by atoms with Crippen molar-refractivity contribution in [3.05, 3.63) is 38.9 Å². The molecule has 0 amide bonds. The Morgan fingerprint density at radius 3 is 2.33 bits per heavy atom. The number of hydrogen-bond acceptors (Lipinski definition) is 3. The number of nitrogens with one attached hydrogen (secondary N) is 1. The van der Waals surface area contributed by atoms with Crippen molar-refractivity contribution in [1.29, 1.82) is 0 Å². The molecule has 0 spiro atoms. The highest BCUT2D eigenvalue weighted by atomic mass is 79.9. The molecule has 1 aromatic carbocycles. The van der Waals surface area contributed by atoms with Gasteiger partial charge in [0.05, 0.1) is 10.2 Å². The molecule has 5 heteroatoms. The molecule has 0 unspecified atom stereocenters. The van der Waals surface area contributed by atoms with Gasteiger partial charge in [-0.15, -0.1) is 0 Å². The van der Waals surface area contributed by atoms with E-state index in [1.54, 1.807) is 0 Å². The lowest BCUT2D eigenvalue weighted by Gasteiger charge is -2.15. The maximum absolute atomic E-state index is 4.85. The van der Waals surface area contributed by atoms with Crippen molar-refractivity contribution in [3.8, 4) is 11.4 Å². The molecule has 0 atom stereocenters. The Kier molecular flexibility index (Phi) is 4.60. The summed E-state index contributed by atoms with van der Waals surface area (Å²) >= 11 is 7.14. The Morgan fingerprint density at radius 2 is 1.71 bits per heavy atom. The number of benzene rings is 1. The van der Waals surface area contributed by atoms with Gasteiger partial charge in [0.2, 0.25) is 0 Å². The van der Waals surface area contributed by atoms with Crippen LogP contribution in [0.5, 0.6) is 0 Å². The Labute approximate surface area is 141 Å². The van der Waals surface area contributed by atoms with Crippen LogP contribution in [0, 0.1) is 0 Å². The molecule has 0 saturated heterocycles. The third-order valence-electron chi connectivity index (χ3n) is 3.96. The van der Waals surface area contributed by atoms with E-state index in [1.165, 1.54) is 25.7 Å². The molecule has 3 nitrogen and oxygen atoms in total. The fourth-order valence-corrected chi connectivity index (χ4v) is 3.79. The van der Waals surface area contributed by atoms with E-state index in [2.05, 4.69) is 42.2 Å². The van der Waals surface area contributed by atoms with Crippen molar-refractivity contribution >= 4 is 37.7 Å². The zero-order chi connectivity index (χ0) is 14.8. The molecule has 110 valence electrons. The predicted molar refractivity (Wildman–Crippen MR) is 93.6 cm³/mol. The molecule has 2 aromatic rings. The molecular formula is C16H17Br2N3. The summed E-state index contributed by atoms with van der Waals surface area (Å²) in [6, 6.07) is 8.14. The molecule has 1 heterocycles. The average Bonchev–Trinajstić information content (AvgIpc) is 3.02. The lowest BCUT2D eigenvalue weighted by atomic mass is 10.0. The summed E-state index contributed by atoms with van der Waals surface area (Å²) in [6.07, 6.45) is 5.03. The van der Waals surface area contributed by atoms with E-state index >= 15 is 0 Å².